The fourth-order valence-corrected chi connectivity index (χ4v) is 1.40. The third kappa shape index (κ3) is 5.67. The molecule has 19 heavy (non-hydrogen) atoms. The van der Waals surface area contributed by atoms with Gasteiger partial charge >= 0.3 is 0 Å². The molecule has 0 amide bonds. The number of ether oxygens (including phenoxy) is 1. The zero-order valence-corrected chi connectivity index (χ0v) is 12.6. The average molecular weight is 271 g/mol. The van der Waals surface area contributed by atoms with E-state index in [2.05, 4.69) is 15.5 Å². The summed E-state index contributed by atoms with van der Waals surface area (Å²) in [6.07, 6.45) is -0.581. The molecule has 1 rings (SSSR count). The molecular weight excluding hydrogens is 246 g/mol. The SMILES string of the molecule is Cc1noc(C(C)(C)NC[C@@H](O)COC(C)(C)C)n1. The minimum atomic E-state index is -0.581. The largest absolute Gasteiger partial charge is 0.389 e. The number of aromatic nitrogens is 2. The third-order valence-electron chi connectivity index (χ3n) is 2.55. The van der Waals surface area contributed by atoms with Crippen molar-refractivity contribution in [1.82, 2.24) is 15.5 Å². The van der Waals surface area contributed by atoms with Crippen molar-refractivity contribution in [3.05, 3.63) is 11.7 Å². The Morgan fingerprint density at radius 2 is 1.95 bits per heavy atom. The zero-order chi connectivity index (χ0) is 14.7. The number of hydrogen-bond acceptors (Lipinski definition) is 6. The van der Waals surface area contributed by atoms with E-state index in [0.717, 1.165) is 0 Å². The molecule has 0 aliphatic heterocycles. The van der Waals surface area contributed by atoms with Crippen molar-refractivity contribution < 1.29 is 14.4 Å². The summed E-state index contributed by atoms with van der Waals surface area (Å²) in [5.74, 6) is 1.11. The molecule has 6 nitrogen and oxygen atoms in total. The molecule has 0 saturated heterocycles. The van der Waals surface area contributed by atoms with Crippen LogP contribution in [-0.4, -0.2) is 40.1 Å². The first-order valence-electron chi connectivity index (χ1n) is 6.48. The Kier molecular flexibility index (Phi) is 5.06. The number of aryl methyl sites for hydroxylation is 1. The standard InChI is InChI=1S/C13H25N3O3/c1-9-15-11(19-16-9)13(5,6)14-7-10(17)8-18-12(2,3)4/h10,14,17H,7-8H2,1-6H3/t10-/m1/s1. The van der Waals surface area contributed by atoms with Gasteiger partial charge in [-0.2, -0.15) is 4.98 Å². The van der Waals surface area contributed by atoms with E-state index in [1.165, 1.54) is 0 Å². The molecule has 1 heterocycles. The summed E-state index contributed by atoms with van der Waals surface area (Å²) in [5.41, 5.74) is -0.732. The molecule has 0 radical (unpaired) electrons. The molecule has 1 atom stereocenters. The fourth-order valence-electron chi connectivity index (χ4n) is 1.40. The van der Waals surface area contributed by atoms with Crippen molar-refractivity contribution >= 4 is 0 Å². The van der Waals surface area contributed by atoms with E-state index >= 15 is 0 Å². The van der Waals surface area contributed by atoms with Crippen LogP contribution in [-0.2, 0) is 10.3 Å². The van der Waals surface area contributed by atoms with Crippen molar-refractivity contribution in [2.45, 2.75) is 58.8 Å². The predicted octanol–water partition coefficient (Wildman–Crippen LogP) is 1.38. The maximum Gasteiger partial charge on any atom is 0.246 e. The number of rotatable bonds is 6. The molecule has 0 unspecified atom stereocenters. The van der Waals surface area contributed by atoms with E-state index in [1.54, 1.807) is 6.92 Å². The Morgan fingerprint density at radius 3 is 2.42 bits per heavy atom. The smallest absolute Gasteiger partial charge is 0.246 e. The highest BCUT2D eigenvalue weighted by molar-refractivity contribution is 4.98. The molecular formula is C13H25N3O3. The molecule has 0 bridgehead atoms. The van der Waals surface area contributed by atoms with Crippen molar-refractivity contribution in [1.29, 1.82) is 0 Å². The highest BCUT2D eigenvalue weighted by atomic mass is 16.5. The van der Waals surface area contributed by atoms with E-state index < -0.39 is 11.6 Å². The van der Waals surface area contributed by atoms with Crippen molar-refractivity contribution in [2.24, 2.45) is 0 Å². The molecule has 0 fully saturated rings. The maximum atomic E-state index is 9.87. The highest BCUT2D eigenvalue weighted by Crippen LogP contribution is 2.17. The van der Waals surface area contributed by atoms with Crippen molar-refractivity contribution in [3.63, 3.8) is 0 Å². The van der Waals surface area contributed by atoms with Gasteiger partial charge in [-0.05, 0) is 41.5 Å². The topological polar surface area (TPSA) is 80.4 Å². The number of aliphatic hydroxyl groups is 1. The molecule has 1 aromatic heterocycles. The van der Waals surface area contributed by atoms with Crippen molar-refractivity contribution in [3.8, 4) is 0 Å². The summed E-state index contributed by atoms with van der Waals surface area (Å²) < 4.78 is 10.7. The predicted molar refractivity (Wildman–Crippen MR) is 71.8 cm³/mol. The van der Waals surface area contributed by atoms with Crippen LogP contribution in [0.5, 0.6) is 0 Å². The Hall–Kier alpha value is -0.980. The lowest BCUT2D eigenvalue weighted by Crippen LogP contribution is -2.43. The van der Waals surface area contributed by atoms with Gasteiger partial charge in [0, 0.05) is 6.54 Å². The van der Waals surface area contributed by atoms with Gasteiger partial charge in [0.05, 0.1) is 23.9 Å². The third-order valence-corrected chi connectivity index (χ3v) is 2.55. The Bertz CT molecular complexity index is 396. The van der Waals surface area contributed by atoms with Crippen LogP contribution in [0.3, 0.4) is 0 Å². The number of nitrogens with zero attached hydrogens (tertiary/aromatic N) is 2. The van der Waals surface area contributed by atoms with Gasteiger partial charge in [0.2, 0.25) is 5.89 Å². The van der Waals surface area contributed by atoms with Gasteiger partial charge in [0.1, 0.15) is 0 Å². The van der Waals surface area contributed by atoms with Crippen LogP contribution in [0.15, 0.2) is 4.52 Å². The van der Waals surface area contributed by atoms with Gasteiger partial charge in [-0.25, -0.2) is 0 Å². The molecule has 2 N–H and O–H groups in total. The van der Waals surface area contributed by atoms with Crippen LogP contribution < -0.4 is 5.32 Å². The van der Waals surface area contributed by atoms with Crippen LogP contribution in [0.1, 0.15) is 46.3 Å². The van der Waals surface area contributed by atoms with E-state index in [0.29, 0.717) is 18.3 Å². The normalized spacial score (nSPS) is 14.7. The summed E-state index contributed by atoms with van der Waals surface area (Å²) >= 11 is 0. The Labute approximate surface area is 114 Å². The molecule has 0 spiro atoms. The Morgan fingerprint density at radius 1 is 1.32 bits per heavy atom. The molecule has 0 aliphatic rings. The summed E-state index contributed by atoms with van der Waals surface area (Å²) in [5, 5.41) is 16.8. The molecule has 0 aromatic carbocycles. The minimum Gasteiger partial charge on any atom is -0.389 e. The van der Waals surface area contributed by atoms with Gasteiger partial charge in [-0.3, -0.25) is 0 Å². The van der Waals surface area contributed by atoms with Gasteiger partial charge in [0.25, 0.3) is 0 Å². The molecule has 6 heteroatoms. The summed E-state index contributed by atoms with van der Waals surface area (Å²) in [6, 6.07) is 0. The first-order valence-corrected chi connectivity index (χ1v) is 6.48. The number of nitrogens with one attached hydrogen (secondary N) is 1. The van der Waals surface area contributed by atoms with Crippen LogP contribution >= 0.6 is 0 Å². The monoisotopic (exact) mass is 271 g/mol. The van der Waals surface area contributed by atoms with Gasteiger partial charge < -0.3 is 19.7 Å². The minimum absolute atomic E-state index is 0.250. The lowest BCUT2D eigenvalue weighted by Gasteiger charge is -2.26. The maximum absolute atomic E-state index is 9.87. The van der Waals surface area contributed by atoms with E-state index in [9.17, 15) is 5.11 Å². The fraction of sp³-hybridized carbons (Fsp3) is 0.846. The lowest BCUT2D eigenvalue weighted by atomic mass is 10.1. The quantitative estimate of drug-likeness (QED) is 0.813. The summed E-state index contributed by atoms with van der Waals surface area (Å²) in [4.78, 5) is 4.19. The Balaban J connectivity index is 2.43. The van der Waals surface area contributed by atoms with E-state index in [-0.39, 0.29) is 12.2 Å². The molecule has 110 valence electrons. The lowest BCUT2D eigenvalue weighted by molar-refractivity contribution is -0.0494. The van der Waals surface area contributed by atoms with Crippen LogP contribution in [0.25, 0.3) is 0 Å². The van der Waals surface area contributed by atoms with Gasteiger partial charge in [0.15, 0.2) is 5.82 Å². The van der Waals surface area contributed by atoms with Crippen LogP contribution in [0, 0.1) is 6.92 Å². The molecule has 0 saturated carbocycles. The van der Waals surface area contributed by atoms with Gasteiger partial charge in [-0.15, -0.1) is 0 Å². The van der Waals surface area contributed by atoms with Crippen LogP contribution in [0.4, 0.5) is 0 Å². The van der Waals surface area contributed by atoms with Crippen LogP contribution in [0.2, 0.25) is 0 Å². The molecule has 0 aliphatic carbocycles. The zero-order valence-electron chi connectivity index (χ0n) is 12.6. The highest BCUT2D eigenvalue weighted by Gasteiger charge is 2.27. The van der Waals surface area contributed by atoms with Gasteiger partial charge in [-0.1, -0.05) is 5.16 Å². The van der Waals surface area contributed by atoms with E-state index in [1.807, 2.05) is 34.6 Å². The number of hydrogen-bond donors (Lipinski definition) is 2. The second kappa shape index (κ2) is 5.98. The first kappa shape index (κ1) is 16.1. The summed E-state index contributed by atoms with van der Waals surface area (Å²) in [6.45, 7) is 12.2. The second-order valence-corrected chi connectivity index (χ2v) is 6.23. The summed E-state index contributed by atoms with van der Waals surface area (Å²) in [7, 11) is 0. The second-order valence-electron chi connectivity index (χ2n) is 6.23. The number of aliphatic hydroxyl groups excluding tert-OH is 1. The first-order chi connectivity index (χ1) is 8.60. The average Bonchev–Trinajstić information content (AvgIpc) is 2.70. The van der Waals surface area contributed by atoms with Crippen molar-refractivity contribution in [2.75, 3.05) is 13.2 Å². The molecule has 1 aromatic rings. The van der Waals surface area contributed by atoms with E-state index in [4.69, 9.17) is 9.26 Å².